The van der Waals surface area contributed by atoms with Gasteiger partial charge in [0.1, 0.15) is 0 Å². The molecule has 24 heavy (non-hydrogen) atoms. The monoisotopic (exact) mass is 396 g/mol. The van der Waals surface area contributed by atoms with Crippen molar-refractivity contribution in [1.29, 1.82) is 10.5 Å². The van der Waals surface area contributed by atoms with E-state index in [9.17, 15) is 25.9 Å². The van der Waals surface area contributed by atoms with E-state index in [1.807, 2.05) is 0 Å². The van der Waals surface area contributed by atoms with Crippen molar-refractivity contribution in [3.8, 4) is 12.1 Å². The minimum absolute atomic E-state index is 0. The zero-order valence-electron chi connectivity index (χ0n) is 13.5. The van der Waals surface area contributed by atoms with Crippen molar-refractivity contribution in [2.45, 2.75) is 37.8 Å². The predicted octanol–water partition coefficient (Wildman–Crippen LogP) is -6.12. The van der Waals surface area contributed by atoms with Crippen LogP contribution in [0.15, 0.2) is 10.2 Å². The topological polar surface area (TPSA) is 187 Å². The number of nitrogens with zero attached hydrogens (tertiary/aromatic N) is 4. The molecule has 0 rings (SSSR count). The minimum Gasteiger partial charge on any atom is -0.748 e. The van der Waals surface area contributed by atoms with Crippen LogP contribution in [0.3, 0.4) is 0 Å². The minimum atomic E-state index is -4.36. The van der Waals surface area contributed by atoms with Gasteiger partial charge < -0.3 is 9.11 Å². The third kappa shape index (κ3) is 18.7. The molecule has 0 saturated heterocycles. The summed E-state index contributed by atoms with van der Waals surface area (Å²) in [5.41, 5.74) is 0. The van der Waals surface area contributed by atoms with Crippen LogP contribution in [-0.2, 0) is 20.2 Å². The molecule has 0 heterocycles. The Kier molecular flexibility index (Phi) is 17.7. The van der Waals surface area contributed by atoms with Crippen molar-refractivity contribution >= 4 is 20.2 Å². The van der Waals surface area contributed by atoms with E-state index in [1.54, 1.807) is 12.1 Å². The second kappa shape index (κ2) is 14.6. The Hall–Kier alpha value is 0.400. The van der Waals surface area contributed by atoms with Crippen molar-refractivity contribution in [2.24, 2.45) is 10.2 Å². The van der Waals surface area contributed by atoms with Crippen LogP contribution in [0, 0.1) is 22.7 Å². The molecule has 124 valence electrons. The van der Waals surface area contributed by atoms with E-state index < -0.39 is 43.8 Å². The molecule has 0 spiro atoms. The largest absolute Gasteiger partial charge is 1.00 e. The molecule has 0 aliphatic rings. The fourth-order valence-corrected chi connectivity index (χ4v) is 2.40. The van der Waals surface area contributed by atoms with Gasteiger partial charge in [0.05, 0.1) is 32.4 Å². The van der Waals surface area contributed by atoms with E-state index in [0.717, 1.165) is 0 Å². The average molecular weight is 396 g/mol. The molecule has 0 aliphatic carbocycles. The first-order chi connectivity index (χ1) is 10.1. The van der Waals surface area contributed by atoms with Crippen LogP contribution in [0.5, 0.6) is 0 Å². The van der Waals surface area contributed by atoms with Crippen LogP contribution in [0.25, 0.3) is 0 Å². The quantitative estimate of drug-likeness (QED) is 0.198. The van der Waals surface area contributed by atoms with Gasteiger partial charge in [-0.1, -0.05) is 0 Å². The Labute approximate surface area is 185 Å². The zero-order valence-corrected chi connectivity index (χ0v) is 19.1. The Morgan fingerprint density at radius 2 is 1.08 bits per heavy atom. The number of hydrogen-bond donors (Lipinski definition) is 0. The van der Waals surface area contributed by atoms with Crippen molar-refractivity contribution in [1.82, 2.24) is 0 Å². The van der Waals surface area contributed by atoms with Crippen LogP contribution < -0.4 is 59.1 Å². The Morgan fingerprint density at radius 1 is 0.792 bits per heavy atom. The number of nitriles is 2. The fraction of sp³-hybridized carbons (Fsp3) is 0.800. The molecule has 0 aromatic rings. The maximum Gasteiger partial charge on any atom is 1.00 e. The number of hydrogen-bond acceptors (Lipinski definition) is 10. The summed E-state index contributed by atoms with van der Waals surface area (Å²) < 4.78 is 62.4. The second-order valence-electron chi connectivity index (χ2n) is 4.33. The molecule has 0 N–H and O–H groups in total. The van der Waals surface area contributed by atoms with Gasteiger partial charge in [0.2, 0.25) is 0 Å². The molecular formula is C10H14N4Na2O6S2. The summed E-state index contributed by atoms with van der Waals surface area (Å²) in [6, 6.07) is 1.47. The van der Waals surface area contributed by atoms with Gasteiger partial charge in [0.25, 0.3) is 0 Å². The number of rotatable bonds is 10. The molecule has 14 heteroatoms. The predicted molar refractivity (Wildman–Crippen MR) is 71.3 cm³/mol. The summed E-state index contributed by atoms with van der Waals surface area (Å²) in [5.74, 6) is -1.24. The Bertz CT molecular complexity index is 610. The van der Waals surface area contributed by atoms with Gasteiger partial charge in [-0.25, -0.2) is 16.8 Å². The first-order valence-electron chi connectivity index (χ1n) is 6.13. The van der Waals surface area contributed by atoms with E-state index in [0.29, 0.717) is 0 Å². The maximum atomic E-state index is 10.4. The van der Waals surface area contributed by atoms with E-state index in [1.165, 1.54) is 0 Å². The smallest absolute Gasteiger partial charge is 0.748 e. The van der Waals surface area contributed by atoms with Crippen LogP contribution in [0.1, 0.15) is 25.7 Å². The van der Waals surface area contributed by atoms with E-state index >= 15 is 0 Å². The van der Waals surface area contributed by atoms with E-state index in [-0.39, 0.29) is 84.8 Å². The van der Waals surface area contributed by atoms with E-state index in [2.05, 4.69) is 10.2 Å². The van der Waals surface area contributed by atoms with Gasteiger partial charge in [0.15, 0.2) is 12.1 Å². The second-order valence-corrected chi connectivity index (χ2v) is 7.38. The van der Waals surface area contributed by atoms with Gasteiger partial charge in [-0.3, -0.25) is 0 Å². The summed E-state index contributed by atoms with van der Waals surface area (Å²) >= 11 is 0. The Morgan fingerprint density at radius 3 is 1.29 bits per heavy atom. The molecule has 0 aromatic heterocycles. The molecule has 0 radical (unpaired) electrons. The first kappa shape index (κ1) is 29.2. The van der Waals surface area contributed by atoms with Crippen LogP contribution in [-0.4, -0.2) is 49.5 Å². The van der Waals surface area contributed by atoms with Crippen molar-refractivity contribution in [3.63, 3.8) is 0 Å². The molecule has 0 saturated carbocycles. The van der Waals surface area contributed by atoms with Crippen LogP contribution in [0.4, 0.5) is 0 Å². The van der Waals surface area contributed by atoms with E-state index in [4.69, 9.17) is 10.5 Å². The molecular weight excluding hydrogens is 382 g/mol. The molecule has 2 unspecified atom stereocenters. The summed E-state index contributed by atoms with van der Waals surface area (Å²) in [6.07, 6.45) is -0.132. The van der Waals surface area contributed by atoms with Crippen LogP contribution in [0.2, 0.25) is 0 Å². The molecule has 0 aliphatic heterocycles. The van der Waals surface area contributed by atoms with Gasteiger partial charge in [-0.2, -0.15) is 20.8 Å². The normalized spacial score (nSPS) is 13.8. The van der Waals surface area contributed by atoms with Crippen LogP contribution >= 0.6 is 0 Å². The maximum absolute atomic E-state index is 10.4. The summed E-state index contributed by atoms with van der Waals surface area (Å²) in [6.45, 7) is 0. The van der Waals surface area contributed by atoms with Crippen molar-refractivity contribution < 1.29 is 85.1 Å². The van der Waals surface area contributed by atoms with Gasteiger partial charge in [-0.15, -0.1) is 0 Å². The average Bonchev–Trinajstić information content (AvgIpc) is 2.37. The van der Waals surface area contributed by atoms with Gasteiger partial charge in [0, 0.05) is 11.5 Å². The van der Waals surface area contributed by atoms with Gasteiger partial charge in [-0.05, 0) is 25.7 Å². The molecule has 0 aromatic carbocycles. The summed E-state index contributed by atoms with van der Waals surface area (Å²) in [5, 5.41) is 24.7. The third-order valence-electron chi connectivity index (χ3n) is 2.39. The third-order valence-corrected chi connectivity index (χ3v) is 3.96. The molecule has 0 amide bonds. The SMILES string of the molecule is N#CC(CCCS(=O)(=O)[O-])N=NC(C#N)CCCS(=O)(=O)[O-].[Na+].[Na+]. The zero-order chi connectivity index (χ0) is 17.2. The summed E-state index contributed by atoms with van der Waals surface area (Å²) in [7, 11) is -8.72. The molecule has 10 nitrogen and oxygen atoms in total. The van der Waals surface area contributed by atoms with Crippen molar-refractivity contribution in [3.05, 3.63) is 0 Å². The molecule has 0 fully saturated rings. The Balaban J connectivity index is -0.00000220. The number of azo groups is 1. The molecule has 0 bridgehead atoms. The standard InChI is InChI=1S/C10H16N4O6S2.2Na/c11-7-9(3-1-5-21(15,16)17)13-14-10(8-12)4-2-6-22(18,19)20;;/h9-10H,1-6H2,(H,15,16,17)(H,18,19,20);;/q;2*+1/p-2. The van der Waals surface area contributed by atoms with Crippen molar-refractivity contribution in [2.75, 3.05) is 11.5 Å². The van der Waals surface area contributed by atoms with Gasteiger partial charge >= 0.3 is 59.1 Å². The fourth-order valence-electron chi connectivity index (χ4n) is 1.36. The first-order valence-corrected chi connectivity index (χ1v) is 9.29. The molecule has 2 atom stereocenters. The summed E-state index contributed by atoms with van der Waals surface area (Å²) in [4.78, 5) is 0.